The summed E-state index contributed by atoms with van der Waals surface area (Å²) in [5, 5.41) is 3.54. The Labute approximate surface area is 139 Å². The minimum Gasteiger partial charge on any atom is -0.354 e. The Morgan fingerprint density at radius 1 is 1.35 bits per heavy atom. The van der Waals surface area contributed by atoms with Crippen molar-refractivity contribution in [2.75, 3.05) is 5.32 Å². The van der Waals surface area contributed by atoms with E-state index < -0.39 is 0 Å². The second-order valence-electron chi connectivity index (χ2n) is 5.98. The van der Waals surface area contributed by atoms with Gasteiger partial charge in [0.25, 0.3) is 5.91 Å². The molecule has 1 aliphatic carbocycles. The molecule has 0 saturated carbocycles. The number of fused-ring (bicyclic) bond motifs is 1. The summed E-state index contributed by atoms with van der Waals surface area (Å²) in [5.41, 5.74) is 3.83. The predicted molar refractivity (Wildman–Crippen MR) is 91.6 cm³/mol. The van der Waals surface area contributed by atoms with Crippen LogP contribution in [0, 0.1) is 6.92 Å². The largest absolute Gasteiger partial charge is 0.354 e. The van der Waals surface area contributed by atoms with Gasteiger partial charge in [-0.1, -0.05) is 13.3 Å². The minimum absolute atomic E-state index is 0.00512. The number of ketones is 1. The van der Waals surface area contributed by atoms with Gasteiger partial charge in [0, 0.05) is 16.1 Å². The van der Waals surface area contributed by atoms with E-state index in [4.69, 9.17) is 0 Å². The van der Waals surface area contributed by atoms with Crippen molar-refractivity contribution in [3.05, 3.63) is 33.1 Å². The van der Waals surface area contributed by atoms with Crippen LogP contribution >= 0.6 is 11.3 Å². The van der Waals surface area contributed by atoms with E-state index in [9.17, 15) is 9.59 Å². The van der Waals surface area contributed by atoms with Gasteiger partial charge in [-0.2, -0.15) is 0 Å². The van der Waals surface area contributed by atoms with Crippen molar-refractivity contribution in [2.24, 2.45) is 0 Å². The molecule has 0 radical (unpaired) electrons. The Kier molecular flexibility index (Phi) is 4.35. The number of aromatic amines is 1. The van der Waals surface area contributed by atoms with E-state index in [1.807, 2.05) is 13.8 Å². The fraction of sp³-hybridized carbons (Fsp3) is 0.471. The maximum Gasteiger partial charge on any atom is 0.274 e. The van der Waals surface area contributed by atoms with Gasteiger partial charge in [-0.05, 0) is 45.1 Å². The molecule has 1 aliphatic rings. The van der Waals surface area contributed by atoms with Crippen molar-refractivity contribution < 1.29 is 9.59 Å². The summed E-state index contributed by atoms with van der Waals surface area (Å²) in [6.45, 7) is 5.42. The molecule has 5 nitrogen and oxygen atoms in total. The summed E-state index contributed by atoms with van der Waals surface area (Å²) in [5.74, 6) is -0.217. The highest BCUT2D eigenvalue weighted by atomic mass is 32.1. The molecule has 3 rings (SSSR count). The standard InChI is InChI=1S/C17H21N3O2S/c1-4-6-11-14(10(3)21)9(2)18-15(11)16(22)20-17-19-12-7-5-8-13(12)23-17/h18H,4-8H2,1-3H3,(H,19,20,22). The van der Waals surface area contributed by atoms with Crippen LogP contribution < -0.4 is 5.32 Å². The van der Waals surface area contributed by atoms with Gasteiger partial charge in [0.2, 0.25) is 0 Å². The molecule has 1 amide bonds. The van der Waals surface area contributed by atoms with E-state index in [-0.39, 0.29) is 11.7 Å². The molecule has 6 heteroatoms. The van der Waals surface area contributed by atoms with Gasteiger partial charge >= 0.3 is 0 Å². The SMILES string of the molecule is CCCc1c(C(=O)Nc2nc3c(s2)CCC3)[nH]c(C)c1C(C)=O. The van der Waals surface area contributed by atoms with Gasteiger partial charge in [0.1, 0.15) is 5.69 Å². The monoisotopic (exact) mass is 331 g/mol. The van der Waals surface area contributed by atoms with E-state index in [1.54, 1.807) is 18.3 Å². The van der Waals surface area contributed by atoms with Crippen LogP contribution in [-0.4, -0.2) is 21.7 Å². The smallest absolute Gasteiger partial charge is 0.274 e. The number of hydrogen-bond donors (Lipinski definition) is 2. The zero-order valence-corrected chi connectivity index (χ0v) is 14.5. The van der Waals surface area contributed by atoms with E-state index in [2.05, 4.69) is 15.3 Å². The number of amides is 1. The van der Waals surface area contributed by atoms with Crippen LogP contribution in [0.1, 0.15) is 69.4 Å². The second-order valence-corrected chi connectivity index (χ2v) is 7.06. The molecule has 0 bridgehead atoms. The van der Waals surface area contributed by atoms with Gasteiger partial charge in [-0.3, -0.25) is 14.9 Å². The zero-order chi connectivity index (χ0) is 16.6. The summed E-state index contributed by atoms with van der Waals surface area (Å²) >= 11 is 1.56. The molecule has 0 aliphatic heterocycles. The van der Waals surface area contributed by atoms with Crippen molar-refractivity contribution in [3.63, 3.8) is 0 Å². The summed E-state index contributed by atoms with van der Waals surface area (Å²) in [6.07, 6.45) is 4.79. The highest BCUT2D eigenvalue weighted by Gasteiger charge is 2.24. The lowest BCUT2D eigenvalue weighted by atomic mass is 10.0. The van der Waals surface area contributed by atoms with E-state index in [1.165, 1.54) is 4.88 Å². The van der Waals surface area contributed by atoms with Gasteiger partial charge in [-0.25, -0.2) is 4.98 Å². The number of Topliss-reactive ketones (excluding diaryl/α,β-unsaturated/α-hetero) is 1. The number of thiazole rings is 1. The molecule has 2 aromatic rings. The third kappa shape index (κ3) is 2.95. The molecule has 0 fully saturated rings. The van der Waals surface area contributed by atoms with Gasteiger partial charge < -0.3 is 4.98 Å². The lowest BCUT2D eigenvalue weighted by Gasteiger charge is -2.05. The number of aromatic nitrogens is 2. The number of nitrogens with zero attached hydrogens (tertiary/aromatic N) is 1. The molecule has 122 valence electrons. The van der Waals surface area contributed by atoms with Crippen molar-refractivity contribution in [1.82, 2.24) is 9.97 Å². The number of hydrogen-bond acceptors (Lipinski definition) is 4. The van der Waals surface area contributed by atoms with Gasteiger partial charge in [0.15, 0.2) is 10.9 Å². The molecule has 0 aromatic carbocycles. The van der Waals surface area contributed by atoms with Crippen LogP contribution in [0.15, 0.2) is 0 Å². The number of nitrogens with one attached hydrogen (secondary N) is 2. The third-order valence-electron chi connectivity index (χ3n) is 4.19. The third-order valence-corrected chi connectivity index (χ3v) is 5.26. The Morgan fingerprint density at radius 2 is 2.13 bits per heavy atom. The average Bonchev–Trinajstić information content (AvgIpc) is 3.12. The average molecular weight is 331 g/mol. The van der Waals surface area contributed by atoms with Crippen LogP contribution in [0.2, 0.25) is 0 Å². The highest BCUT2D eigenvalue weighted by Crippen LogP contribution is 2.31. The fourth-order valence-electron chi connectivity index (χ4n) is 3.25. The fourth-order valence-corrected chi connectivity index (χ4v) is 4.30. The molecular weight excluding hydrogens is 310 g/mol. The first kappa shape index (κ1) is 15.9. The molecule has 0 atom stereocenters. The Bertz CT molecular complexity index is 752. The minimum atomic E-state index is -0.212. The molecule has 2 N–H and O–H groups in total. The van der Waals surface area contributed by atoms with Crippen molar-refractivity contribution in [3.8, 4) is 0 Å². The number of aryl methyl sites for hydroxylation is 3. The first-order chi connectivity index (χ1) is 11.0. The number of anilines is 1. The van der Waals surface area contributed by atoms with E-state index in [0.717, 1.165) is 42.6 Å². The Morgan fingerprint density at radius 3 is 2.78 bits per heavy atom. The quantitative estimate of drug-likeness (QED) is 0.821. The maximum absolute atomic E-state index is 12.6. The van der Waals surface area contributed by atoms with Crippen LogP contribution in [0.5, 0.6) is 0 Å². The normalized spacial score (nSPS) is 13.2. The van der Waals surface area contributed by atoms with Crippen LogP contribution in [0.25, 0.3) is 0 Å². The van der Waals surface area contributed by atoms with Crippen LogP contribution in [-0.2, 0) is 19.3 Å². The van der Waals surface area contributed by atoms with E-state index in [0.29, 0.717) is 22.8 Å². The summed E-state index contributed by atoms with van der Waals surface area (Å²) in [6, 6.07) is 0. The molecule has 0 saturated heterocycles. The summed E-state index contributed by atoms with van der Waals surface area (Å²) < 4.78 is 0. The molecule has 2 heterocycles. The summed E-state index contributed by atoms with van der Waals surface area (Å²) in [4.78, 5) is 33.4. The molecule has 23 heavy (non-hydrogen) atoms. The number of carbonyl (C=O) groups is 2. The van der Waals surface area contributed by atoms with Gasteiger partial charge in [0.05, 0.1) is 5.69 Å². The number of carbonyl (C=O) groups excluding carboxylic acids is 2. The topological polar surface area (TPSA) is 74.8 Å². The first-order valence-electron chi connectivity index (χ1n) is 8.03. The second kappa shape index (κ2) is 6.28. The van der Waals surface area contributed by atoms with Gasteiger partial charge in [-0.15, -0.1) is 11.3 Å². The molecular formula is C17H21N3O2S. The molecule has 0 unspecified atom stereocenters. The predicted octanol–water partition coefficient (Wildman–Crippen LogP) is 3.68. The maximum atomic E-state index is 12.6. The van der Waals surface area contributed by atoms with Crippen LogP contribution in [0.4, 0.5) is 5.13 Å². The molecule has 0 spiro atoms. The van der Waals surface area contributed by atoms with Crippen molar-refractivity contribution in [1.29, 1.82) is 0 Å². The summed E-state index contributed by atoms with van der Waals surface area (Å²) in [7, 11) is 0. The lowest BCUT2D eigenvalue weighted by molar-refractivity contribution is 0.101. The Hall–Kier alpha value is -1.95. The molecule has 2 aromatic heterocycles. The number of rotatable bonds is 5. The van der Waals surface area contributed by atoms with Crippen LogP contribution in [0.3, 0.4) is 0 Å². The van der Waals surface area contributed by atoms with E-state index >= 15 is 0 Å². The number of H-pyrrole nitrogens is 1. The Balaban J connectivity index is 1.89. The van der Waals surface area contributed by atoms with Crippen molar-refractivity contribution >= 4 is 28.2 Å². The van der Waals surface area contributed by atoms with Crippen molar-refractivity contribution in [2.45, 2.75) is 52.9 Å². The lowest BCUT2D eigenvalue weighted by Crippen LogP contribution is -2.15. The highest BCUT2D eigenvalue weighted by molar-refractivity contribution is 7.16. The first-order valence-corrected chi connectivity index (χ1v) is 8.85. The zero-order valence-electron chi connectivity index (χ0n) is 13.7.